The molecule has 0 atom stereocenters. The first-order valence-corrected chi connectivity index (χ1v) is 8.18. The Hall–Kier alpha value is -0.220. The lowest BCUT2D eigenvalue weighted by Crippen LogP contribution is -2.30. The van der Waals surface area contributed by atoms with Crippen molar-refractivity contribution >= 4 is 28.6 Å². The molecule has 1 nitrogen and oxygen atoms in total. The summed E-state index contributed by atoms with van der Waals surface area (Å²) in [5, 5.41) is 0. The van der Waals surface area contributed by atoms with Gasteiger partial charge in [0.15, 0.2) is 0 Å². The Balaban J connectivity index is 2.74. The second kappa shape index (κ2) is 8.15. The molecule has 0 aliphatic carbocycles. The molecular weight excluding hydrogens is 327 g/mol. The summed E-state index contributed by atoms with van der Waals surface area (Å²) in [4.78, 5) is 0. The van der Waals surface area contributed by atoms with Crippen molar-refractivity contribution in [2.24, 2.45) is 5.41 Å². The maximum atomic E-state index is 13.0. The van der Waals surface area contributed by atoms with Crippen LogP contribution in [0.25, 0.3) is 0 Å². The molecule has 0 amide bonds. The van der Waals surface area contributed by atoms with Gasteiger partial charge in [-0.3, -0.25) is 0 Å². The number of hydrogen-bond acceptors (Lipinski definition) is 2. The van der Waals surface area contributed by atoms with Crippen molar-refractivity contribution in [3.8, 4) is 5.75 Å². The predicted octanol–water partition coefficient (Wildman–Crippen LogP) is 5.48. The van der Waals surface area contributed by atoms with Crippen LogP contribution in [0, 0.1) is 11.2 Å². The topological polar surface area (TPSA) is 9.23 Å². The molecule has 1 aromatic rings. The van der Waals surface area contributed by atoms with Gasteiger partial charge in [0, 0.05) is 5.41 Å². The Morgan fingerprint density at radius 3 is 2.37 bits per heavy atom. The van der Waals surface area contributed by atoms with Gasteiger partial charge < -0.3 is 4.74 Å². The molecule has 0 fully saturated rings. The summed E-state index contributed by atoms with van der Waals surface area (Å²) in [6.07, 6.45) is 4.44. The molecule has 0 unspecified atom stereocenters. The molecule has 0 N–H and O–H groups in total. The zero-order valence-corrected chi connectivity index (χ0v) is 14.1. The van der Waals surface area contributed by atoms with Crippen molar-refractivity contribution in [2.45, 2.75) is 39.5 Å². The molecule has 0 aromatic heterocycles. The van der Waals surface area contributed by atoms with Crippen LogP contribution < -0.4 is 4.74 Å². The Morgan fingerprint density at radius 1 is 1.26 bits per heavy atom. The van der Waals surface area contributed by atoms with E-state index in [0.29, 0.717) is 16.8 Å². The first-order valence-electron chi connectivity index (χ1n) is 6.75. The third-order valence-electron chi connectivity index (χ3n) is 3.32. The number of halogens is 2. The van der Waals surface area contributed by atoms with Gasteiger partial charge in [-0.25, -0.2) is 4.39 Å². The van der Waals surface area contributed by atoms with Crippen molar-refractivity contribution in [1.82, 2.24) is 0 Å². The number of hydrogen-bond donors (Lipinski definition) is 1. The van der Waals surface area contributed by atoms with E-state index >= 15 is 0 Å². The van der Waals surface area contributed by atoms with Crippen molar-refractivity contribution in [2.75, 3.05) is 12.4 Å². The average molecular weight is 349 g/mol. The van der Waals surface area contributed by atoms with Crippen LogP contribution in [0.15, 0.2) is 22.7 Å². The molecule has 1 aromatic carbocycles. The van der Waals surface area contributed by atoms with Gasteiger partial charge in [0.05, 0.1) is 11.1 Å². The second-order valence-electron chi connectivity index (χ2n) is 5.02. The van der Waals surface area contributed by atoms with Crippen molar-refractivity contribution in [1.29, 1.82) is 0 Å². The summed E-state index contributed by atoms with van der Waals surface area (Å²) < 4.78 is 19.6. The lowest BCUT2D eigenvalue weighted by atomic mass is 9.82. The molecule has 0 saturated carbocycles. The highest BCUT2D eigenvalue weighted by atomic mass is 79.9. The fourth-order valence-corrected chi connectivity index (χ4v) is 3.23. The van der Waals surface area contributed by atoms with E-state index in [4.69, 9.17) is 4.74 Å². The van der Waals surface area contributed by atoms with E-state index in [0.717, 1.165) is 31.4 Å². The fourth-order valence-electron chi connectivity index (χ4n) is 2.36. The molecule has 0 aliphatic heterocycles. The summed E-state index contributed by atoms with van der Waals surface area (Å²) in [6, 6.07) is 4.51. The minimum atomic E-state index is -0.262. The van der Waals surface area contributed by atoms with Crippen molar-refractivity contribution in [3.63, 3.8) is 0 Å². The SMILES string of the molecule is CCCC(CS)(CCC)COc1ccc(F)cc1Br. The number of thiol groups is 1. The van der Waals surface area contributed by atoms with Gasteiger partial charge in [0.2, 0.25) is 0 Å². The quantitative estimate of drug-likeness (QED) is 0.611. The summed E-state index contributed by atoms with van der Waals surface area (Å²) in [5.74, 6) is 1.24. The van der Waals surface area contributed by atoms with Gasteiger partial charge in [-0.1, -0.05) is 26.7 Å². The van der Waals surface area contributed by atoms with Crippen LogP contribution in [0.2, 0.25) is 0 Å². The van der Waals surface area contributed by atoms with E-state index < -0.39 is 0 Å². The fraction of sp³-hybridized carbons (Fsp3) is 0.600. The Kier molecular flexibility index (Phi) is 7.22. The summed E-state index contributed by atoms with van der Waals surface area (Å²) >= 11 is 7.84. The summed E-state index contributed by atoms with van der Waals surface area (Å²) in [5.41, 5.74) is 0.112. The average Bonchev–Trinajstić information content (AvgIpc) is 2.38. The standard InChI is InChI=1S/C15H22BrFOS/c1-3-7-15(11-19,8-4-2)10-18-14-6-5-12(17)9-13(14)16/h5-6,9,19H,3-4,7-8,10-11H2,1-2H3. The second-order valence-corrected chi connectivity index (χ2v) is 6.19. The molecule has 0 bridgehead atoms. The molecule has 4 heteroatoms. The van der Waals surface area contributed by atoms with E-state index in [1.165, 1.54) is 12.1 Å². The zero-order chi connectivity index (χ0) is 14.3. The van der Waals surface area contributed by atoms with E-state index in [2.05, 4.69) is 42.4 Å². The first-order chi connectivity index (χ1) is 9.06. The van der Waals surface area contributed by atoms with Gasteiger partial charge in [0.1, 0.15) is 11.6 Å². The van der Waals surface area contributed by atoms with Gasteiger partial charge in [-0.05, 0) is 52.7 Å². The van der Waals surface area contributed by atoms with E-state index in [-0.39, 0.29) is 11.2 Å². The van der Waals surface area contributed by atoms with Crippen LogP contribution in [-0.4, -0.2) is 12.4 Å². The lowest BCUT2D eigenvalue weighted by Gasteiger charge is -2.32. The van der Waals surface area contributed by atoms with Gasteiger partial charge in [0.25, 0.3) is 0 Å². The van der Waals surface area contributed by atoms with Crippen molar-refractivity contribution < 1.29 is 9.13 Å². The Bertz CT molecular complexity index is 392. The van der Waals surface area contributed by atoms with E-state index in [1.807, 2.05) is 0 Å². The van der Waals surface area contributed by atoms with Crippen LogP contribution in [0.3, 0.4) is 0 Å². The summed E-state index contributed by atoms with van der Waals surface area (Å²) in [6.45, 7) is 4.99. The molecule has 0 heterocycles. The van der Waals surface area contributed by atoms with E-state index in [9.17, 15) is 4.39 Å². The third-order valence-corrected chi connectivity index (χ3v) is 4.61. The normalized spacial score (nSPS) is 11.6. The minimum Gasteiger partial charge on any atom is -0.492 e. The highest BCUT2D eigenvalue weighted by Crippen LogP contribution is 2.34. The first kappa shape index (κ1) is 16.8. The van der Waals surface area contributed by atoms with Gasteiger partial charge in [-0.15, -0.1) is 0 Å². The Morgan fingerprint density at radius 2 is 1.89 bits per heavy atom. The highest BCUT2D eigenvalue weighted by Gasteiger charge is 2.28. The number of benzene rings is 1. The maximum absolute atomic E-state index is 13.0. The van der Waals surface area contributed by atoms with Gasteiger partial charge >= 0.3 is 0 Å². The molecule has 0 saturated heterocycles. The van der Waals surface area contributed by atoms with Crippen LogP contribution in [0.5, 0.6) is 5.75 Å². The number of rotatable bonds is 8. The Labute approximate surface area is 129 Å². The minimum absolute atomic E-state index is 0.112. The molecule has 0 aliphatic rings. The van der Waals surface area contributed by atoms with Crippen LogP contribution in [0.1, 0.15) is 39.5 Å². The van der Waals surface area contributed by atoms with Gasteiger partial charge in [-0.2, -0.15) is 12.6 Å². The van der Waals surface area contributed by atoms with E-state index in [1.54, 1.807) is 6.07 Å². The molecule has 108 valence electrons. The van der Waals surface area contributed by atoms with Crippen LogP contribution >= 0.6 is 28.6 Å². The molecular formula is C15H22BrFOS. The van der Waals surface area contributed by atoms with Crippen molar-refractivity contribution in [3.05, 3.63) is 28.5 Å². The smallest absolute Gasteiger partial charge is 0.133 e. The molecule has 0 spiro atoms. The predicted molar refractivity (Wildman–Crippen MR) is 85.7 cm³/mol. The van der Waals surface area contributed by atoms with Crippen LogP contribution in [-0.2, 0) is 0 Å². The molecule has 19 heavy (non-hydrogen) atoms. The maximum Gasteiger partial charge on any atom is 0.133 e. The number of ether oxygens (including phenoxy) is 1. The highest BCUT2D eigenvalue weighted by molar-refractivity contribution is 9.10. The molecule has 1 rings (SSSR count). The monoisotopic (exact) mass is 348 g/mol. The third kappa shape index (κ3) is 4.99. The summed E-state index contributed by atoms with van der Waals surface area (Å²) in [7, 11) is 0. The zero-order valence-electron chi connectivity index (χ0n) is 11.6. The largest absolute Gasteiger partial charge is 0.492 e. The van der Waals surface area contributed by atoms with Crippen LogP contribution in [0.4, 0.5) is 4.39 Å². The molecule has 0 radical (unpaired) electrons. The lowest BCUT2D eigenvalue weighted by molar-refractivity contribution is 0.143.